The molecule has 0 aromatic carbocycles. The number of hydrogen-bond donors (Lipinski definition) is 1. The zero-order valence-electron chi connectivity index (χ0n) is 12.9. The van der Waals surface area contributed by atoms with Crippen LogP contribution in [0.4, 0.5) is 0 Å². The summed E-state index contributed by atoms with van der Waals surface area (Å²) in [5.41, 5.74) is 8.71. The van der Waals surface area contributed by atoms with Crippen LogP contribution in [0.5, 0.6) is 0 Å². The van der Waals surface area contributed by atoms with Crippen LogP contribution in [-0.4, -0.2) is 24.0 Å². The van der Waals surface area contributed by atoms with Crippen molar-refractivity contribution in [2.75, 3.05) is 13.1 Å². The molecule has 0 saturated carbocycles. The first-order valence-electron chi connectivity index (χ1n) is 7.59. The predicted octanol–water partition coefficient (Wildman–Crippen LogP) is 3.86. The highest BCUT2D eigenvalue weighted by Gasteiger charge is 2.19. The molecule has 2 nitrogen and oxygen atoms in total. The maximum atomic E-state index is 6.38. The fourth-order valence-electron chi connectivity index (χ4n) is 2.61. The van der Waals surface area contributed by atoms with Crippen LogP contribution in [0.15, 0.2) is 36.1 Å². The van der Waals surface area contributed by atoms with E-state index in [1.54, 1.807) is 0 Å². The molecule has 0 aliphatic carbocycles. The molecule has 0 aromatic rings. The summed E-state index contributed by atoms with van der Waals surface area (Å²) in [6.45, 7) is 13.0. The monoisotopic (exact) mass is 262 g/mol. The smallest absolute Gasteiger partial charge is 0.0341 e. The molecule has 108 valence electrons. The molecule has 0 amide bonds. The summed E-state index contributed by atoms with van der Waals surface area (Å²) in [6.07, 6.45) is 11.2. The zero-order valence-corrected chi connectivity index (χ0v) is 12.9. The molecule has 1 unspecified atom stereocenters. The van der Waals surface area contributed by atoms with Gasteiger partial charge in [0.15, 0.2) is 0 Å². The van der Waals surface area contributed by atoms with Gasteiger partial charge in [0.25, 0.3) is 0 Å². The lowest BCUT2D eigenvalue weighted by Crippen LogP contribution is -2.34. The van der Waals surface area contributed by atoms with Crippen molar-refractivity contribution in [3.8, 4) is 0 Å². The molecule has 1 fully saturated rings. The molecule has 19 heavy (non-hydrogen) atoms. The van der Waals surface area contributed by atoms with Gasteiger partial charge in [0.2, 0.25) is 0 Å². The van der Waals surface area contributed by atoms with E-state index in [1.807, 2.05) is 13.0 Å². The minimum atomic E-state index is 0.0885. The highest BCUT2D eigenvalue weighted by molar-refractivity contribution is 5.35. The van der Waals surface area contributed by atoms with Gasteiger partial charge in [-0.3, -0.25) is 0 Å². The molecule has 1 atom stereocenters. The summed E-state index contributed by atoms with van der Waals surface area (Å²) in [4.78, 5) is 2.40. The van der Waals surface area contributed by atoms with Gasteiger partial charge in [-0.2, -0.15) is 0 Å². The van der Waals surface area contributed by atoms with Gasteiger partial charge >= 0.3 is 0 Å². The molecule has 1 aliphatic heterocycles. The van der Waals surface area contributed by atoms with Crippen LogP contribution in [0.1, 0.15) is 46.5 Å². The first-order valence-corrected chi connectivity index (χ1v) is 7.59. The van der Waals surface area contributed by atoms with Crippen LogP contribution in [0.25, 0.3) is 0 Å². The van der Waals surface area contributed by atoms with Crippen molar-refractivity contribution >= 4 is 0 Å². The lowest BCUT2D eigenvalue weighted by Gasteiger charge is -2.33. The molecule has 1 aliphatic rings. The Balaban J connectivity index is 2.80. The van der Waals surface area contributed by atoms with Crippen molar-refractivity contribution in [3.05, 3.63) is 36.1 Å². The first-order chi connectivity index (χ1) is 9.06. The van der Waals surface area contributed by atoms with E-state index in [1.165, 1.54) is 24.8 Å². The molecule has 0 spiro atoms. The zero-order chi connectivity index (χ0) is 14.3. The Hall–Kier alpha value is -1.02. The second-order valence-electron chi connectivity index (χ2n) is 5.88. The second kappa shape index (κ2) is 8.21. The lowest BCUT2D eigenvalue weighted by atomic mass is 9.94. The Kier molecular flexibility index (Phi) is 6.93. The summed E-state index contributed by atoms with van der Waals surface area (Å²) in [7, 11) is 0. The second-order valence-corrected chi connectivity index (χ2v) is 5.88. The first kappa shape index (κ1) is 16.0. The van der Waals surface area contributed by atoms with Crippen LogP contribution in [0.2, 0.25) is 0 Å². The van der Waals surface area contributed by atoms with E-state index in [0.717, 1.165) is 25.2 Å². The number of nitrogens with zero attached hydrogens (tertiary/aromatic N) is 1. The third kappa shape index (κ3) is 5.23. The average molecular weight is 262 g/mol. The molecule has 0 aromatic heterocycles. The van der Waals surface area contributed by atoms with Gasteiger partial charge < -0.3 is 10.6 Å². The van der Waals surface area contributed by atoms with Gasteiger partial charge in [0.1, 0.15) is 0 Å². The fraction of sp³-hybridized carbons (Fsp3) is 0.647. The molecule has 2 N–H and O–H groups in total. The average Bonchev–Trinajstić information content (AvgIpc) is 2.39. The van der Waals surface area contributed by atoms with E-state index in [2.05, 4.69) is 37.5 Å². The number of rotatable bonds is 6. The molecule has 1 saturated heterocycles. The van der Waals surface area contributed by atoms with Crippen molar-refractivity contribution in [1.29, 1.82) is 0 Å². The molecule has 0 bridgehead atoms. The van der Waals surface area contributed by atoms with Crippen LogP contribution in [0.3, 0.4) is 0 Å². The van der Waals surface area contributed by atoms with E-state index in [0.29, 0.717) is 5.92 Å². The molecule has 1 rings (SSSR count). The van der Waals surface area contributed by atoms with E-state index < -0.39 is 0 Å². The molecule has 0 radical (unpaired) electrons. The number of likely N-dealkylation sites (tertiary alicyclic amines) is 1. The number of piperidine rings is 1. The van der Waals surface area contributed by atoms with Gasteiger partial charge in [0.05, 0.1) is 0 Å². The summed E-state index contributed by atoms with van der Waals surface area (Å²) in [6, 6.07) is 0.0885. The largest absolute Gasteiger partial charge is 0.372 e. The van der Waals surface area contributed by atoms with Crippen molar-refractivity contribution in [2.45, 2.75) is 52.5 Å². The maximum absolute atomic E-state index is 6.38. The molecule has 2 heteroatoms. The van der Waals surface area contributed by atoms with Crippen molar-refractivity contribution < 1.29 is 0 Å². The van der Waals surface area contributed by atoms with Gasteiger partial charge in [-0.1, -0.05) is 38.7 Å². The summed E-state index contributed by atoms with van der Waals surface area (Å²) in [5, 5.41) is 0. The Morgan fingerprint density at radius 3 is 2.42 bits per heavy atom. The minimum Gasteiger partial charge on any atom is -0.372 e. The maximum Gasteiger partial charge on any atom is 0.0341 e. The summed E-state index contributed by atoms with van der Waals surface area (Å²) in [5.74, 6) is 0.609. The number of nitrogens with two attached hydrogens (primary N) is 1. The van der Waals surface area contributed by atoms with Crippen molar-refractivity contribution in [1.82, 2.24) is 4.90 Å². The fourth-order valence-corrected chi connectivity index (χ4v) is 2.61. The third-order valence-corrected chi connectivity index (χ3v) is 3.66. The van der Waals surface area contributed by atoms with E-state index in [-0.39, 0.29) is 6.04 Å². The van der Waals surface area contributed by atoms with Gasteiger partial charge in [0, 0.05) is 24.8 Å². The standard InChI is InChI=1S/C17H30N2/c1-5-6-10-16(17(18)13-14(2)3)15(4)19-11-8-7-9-12-19/h5-6,10,14,17H,4,7-9,11-13,18H2,1-3H3/b6-5-,16-10+. The normalized spacial score (nSPS) is 19.2. The predicted molar refractivity (Wildman–Crippen MR) is 84.9 cm³/mol. The topological polar surface area (TPSA) is 29.3 Å². The van der Waals surface area contributed by atoms with Crippen LogP contribution < -0.4 is 5.73 Å². The van der Waals surface area contributed by atoms with Crippen LogP contribution in [0, 0.1) is 5.92 Å². The summed E-state index contributed by atoms with van der Waals surface area (Å²) >= 11 is 0. The lowest BCUT2D eigenvalue weighted by molar-refractivity contribution is 0.287. The highest BCUT2D eigenvalue weighted by atomic mass is 15.1. The summed E-state index contributed by atoms with van der Waals surface area (Å²) < 4.78 is 0. The van der Waals surface area contributed by atoms with Crippen LogP contribution in [-0.2, 0) is 0 Å². The van der Waals surface area contributed by atoms with Gasteiger partial charge in [-0.15, -0.1) is 0 Å². The minimum absolute atomic E-state index is 0.0885. The Morgan fingerprint density at radius 1 is 1.26 bits per heavy atom. The van der Waals surface area contributed by atoms with Gasteiger partial charge in [-0.05, 0) is 44.1 Å². The third-order valence-electron chi connectivity index (χ3n) is 3.66. The quantitative estimate of drug-likeness (QED) is 0.736. The highest BCUT2D eigenvalue weighted by Crippen LogP contribution is 2.23. The van der Waals surface area contributed by atoms with E-state index in [9.17, 15) is 0 Å². The Bertz CT molecular complexity index is 333. The van der Waals surface area contributed by atoms with Crippen LogP contribution >= 0.6 is 0 Å². The Labute approximate surface area is 119 Å². The molecular formula is C17H30N2. The number of allylic oxidation sites excluding steroid dienone is 3. The van der Waals surface area contributed by atoms with E-state index in [4.69, 9.17) is 5.73 Å². The molecular weight excluding hydrogens is 232 g/mol. The molecule has 1 heterocycles. The Morgan fingerprint density at radius 2 is 1.89 bits per heavy atom. The SMILES string of the molecule is C=C(/C(=C\C=C/C)C(N)CC(C)C)N1CCCCC1. The van der Waals surface area contributed by atoms with Gasteiger partial charge in [-0.25, -0.2) is 0 Å². The van der Waals surface area contributed by atoms with Crippen molar-refractivity contribution in [3.63, 3.8) is 0 Å². The van der Waals surface area contributed by atoms with Crippen molar-refractivity contribution in [2.24, 2.45) is 11.7 Å². The van der Waals surface area contributed by atoms with E-state index >= 15 is 0 Å². The number of hydrogen-bond acceptors (Lipinski definition) is 2.